The predicted molar refractivity (Wildman–Crippen MR) is 254 cm³/mol. The molecule has 0 radical (unpaired) electrons. The van der Waals surface area contributed by atoms with E-state index in [0.29, 0.717) is 0 Å². The Labute approximate surface area is 352 Å². The summed E-state index contributed by atoms with van der Waals surface area (Å²) >= 11 is 1.71. The van der Waals surface area contributed by atoms with Crippen LogP contribution in [0.15, 0.2) is 203 Å². The van der Waals surface area contributed by atoms with Gasteiger partial charge in [0, 0.05) is 56.4 Å². The Morgan fingerprint density at radius 2 is 0.721 bits per heavy atom. The average Bonchev–Trinajstić information content (AvgIpc) is 3.99. The molecule has 0 N–H and O–H groups in total. The van der Waals surface area contributed by atoms with Crippen molar-refractivity contribution in [2.45, 2.75) is 0 Å². The van der Waals surface area contributed by atoms with E-state index in [1.54, 1.807) is 11.3 Å². The van der Waals surface area contributed by atoms with Crippen molar-refractivity contribution in [3.8, 4) is 0 Å². The smallest absolute Gasteiger partial charge is 0.137 e. The summed E-state index contributed by atoms with van der Waals surface area (Å²) < 4.78 is 14.9. The van der Waals surface area contributed by atoms with Crippen LogP contribution in [-0.2, 0) is 0 Å². The molecule has 0 aliphatic heterocycles. The van der Waals surface area contributed by atoms with Gasteiger partial charge >= 0.3 is 0 Å². The standard InChI is InChI=1S/C54H32N4O2S/c1-3-11-35-25-37(19-17-33(35)9-1)57(39-21-23-45-43-13-5-7-15-47(43)59-49(45)27-39)41-29-51-53(55-31-41)54-52(61-51)30-42(32-56-54)58(38-20-18-34-10-2-4-12-36(34)26-38)40-22-24-46-44-14-6-8-16-48(44)60-50(46)28-40/h1-32H. The molecular weight excluding hydrogens is 769 g/mol. The first-order valence-corrected chi connectivity index (χ1v) is 21.1. The summed E-state index contributed by atoms with van der Waals surface area (Å²) in [5, 5.41) is 9.10. The molecule has 0 atom stereocenters. The number of rotatable bonds is 6. The second-order valence-electron chi connectivity index (χ2n) is 15.5. The molecule has 8 aromatic carbocycles. The zero-order chi connectivity index (χ0) is 40.0. The van der Waals surface area contributed by atoms with Gasteiger partial charge in [0.25, 0.3) is 0 Å². The van der Waals surface area contributed by atoms with E-state index in [1.807, 2.05) is 36.7 Å². The van der Waals surface area contributed by atoms with E-state index in [2.05, 4.69) is 168 Å². The highest BCUT2D eigenvalue weighted by molar-refractivity contribution is 7.25. The van der Waals surface area contributed by atoms with Gasteiger partial charge in [-0.1, -0.05) is 97.1 Å². The molecular formula is C54H32N4O2S. The fourth-order valence-electron chi connectivity index (χ4n) is 8.98. The monoisotopic (exact) mass is 800 g/mol. The highest BCUT2D eigenvalue weighted by atomic mass is 32.1. The maximum atomic E-state index is 6.39. The number of furan rings is 2. The van der Waals surface area contributed by atoms with E-state index in [4.69, 9.17) is 18.8 Å². The molecule has 61 heavy (non-hydrogen) atoms. The number of thiophene rings is 1. The summed E-state index contributed by atoms with van der Waals surface area (Å²) in [6.45, 7) is 0. The van der Waals surface area contributed by atoms with Gasteiger partial charge in [-0.05, 0) is 94.3 Å². The summed E-state index contributed by atoms with van der Waals surface area (Å²) in [4.78, 5) is 14.8. The van der Waals surface area contributed by atoms with Crippen molar-refractivity contribution in [3.05, 3.63) is 194 Å². The van der Waals surface area contributed by atoms with Gasteiger partial charge in [-0.3, -0.25) is 9.97 Å². The number of anilines is 6. The lowest BCUT2D eigenvalue weighted by molar-refractivity contribution is 0.668. The molecule has 0 amide bonds. The molecule has 0 spiro atoms. The number of hydrogen-bond acceptors (Lipinski definition) is 7. The Kier molecular flexibility index (Phi) is 7.37. The molecule has 5 aromatic heterocycles. The van der Waals surface area contributed by atoms with Crippen molar-refractivity contribution in [3.63, 3.8) is 0 Å². The van der Waals surface area contributed by atoms with E-state index in [9.17, 15) is 0 Å². The van der Waals surface area contributed by atoms with E-state index >= 15 is 0 Å². The minimum absolute atomic E-state index is 0.840. The number of hydrogen-bond donors (Lipinski definition) is 0. The Balaban J connectivity index is 0.961. The van der Waals surface area contributed by atoms with Crippen molar-refractivity contribution >= 4 is 131 Å². The highest BCUT2D eigenvalue weighted by Crippen LogP contribution is 2.44. The third kappa shape index (κ3) is 5.48. The number of fused-ring (bicyclic) bond motifs is 11. The zero-order valence-corrected chi connectivity index (χ0v) is 33.3. The molecule has 0 saturated carbocycles. The van der Waals surface area contributed by atoms with Crippen LogP contribution >= 0.6 is 11.3 Å². The lowest BCUT2D eigenvalue weighted by Crippen LogP contribution is -2.10. The van der Waals surface area contributed by atoms with E-state index in [1.165, 1.54) is 10.8 Å². The summed E-state index contributed by atoms with van der Waals surface area (Å²) in [7, 11) is 0. The van der Waals surface area contributed by atoms with Gasteiger partial charge < -0.3 is 18.6 Å². The van der Waals surface area contributed by atoms with Gasteiger partial charge in [0.1, 0.15) is 33.4 Å². The molecule has 0 fully saturated rings. The molecule has 0 bridgehead atoms. The van der Waals surface area contributed by atoms with Crippen molar-refractivity contribution in [2.75, 3.05) is 9.80 Å². The Bertz CT molecular complexity index is 3630. The van der Waals surface area contributed by atoms with Crippen molar-refractivity contribution in [1.82, 2.24) is 9.97 Å². The van der Waals surface area contributed by atoms with Gasteiger partial charge in [0.05, 0.1) is 33.2 Å². The number of para-hydroxylation sites is 2. The molecule has 13 rings (SSSR count). The normalized spacial score (nSPS) is 11.9. The predicted octanol–water partition coefficient (Wildman–Crippen LogP) is 15.9. The van der Waals surface area contributed by atoms with Crippen molar-refractivity contribution < 1.29 is 8.83 Å². The van der Waals surface area contributed by atoms with E-state index in [-0.39, 0.29) is 0 Å². The van der Waals surface area contributed by atoms with E-state index in [0.717, 1.165) is 109 Å². The van der Waals surface area contributed by atoms with Gasteiger partial charge in [-0.15, -0.1) is 11.3 Å². The Morgan fingerprint density at radius 3 is 1.21 bits per heavy atom. The summed E-state index contributed by atoms with van der Waals surface area (Å²) in [6, 6.07) is 64.0. The second-order valence-corrected chi connectivity index (χ2v) is 16.6. The van der Waals surface area contributed by atoms with Crippen molar-refractivity contribution in [2.24, 2.45) is 0 Å². The van der Waals surface area contributed by atoms with Crippen LogP contribution in [0.25, 0.3) is 85.9 Å². The molecule has 286 valence electrons. The SMILES string of the molecule is c1ccc2cc(N(c3ccc4c(c3)oc3ccccc34)c3cnc4c(c3)sc3cc(N(c5ccc6ccccc6c5)c5ccc6c(c5)oc5ccccc56)cnc34)ccc2c1. The molecule has 5 heterocycles. The van der Waals surface area contributed by atoms with Crippen LogP contribution in [0, 0.1) is 0 Å². The van der Waals surface area contributed by atoms with Crippen LogP contribution < -0.4 is 9.80 Å². The van der Waals surface area contributed by atoms with Gasteiger partial charge in [0.2, 0.25) is 0 Å². The summed E-state index contributed by atoms with van der Waals surface area (Å²) in [5.74, 6) is 0. The molecule has 0 aliphatic carbocycles. The largest absolute Gasteiger partial charge is 0.456 e. The van der Waals surface area contributed by atoms with Crippen molar-refractivity contribution in [1.29, 1.82) is 0 Å². The molecule has 0 aliphatic rings. The molecule has 7 heteroatoms. The van der Waals surface area contributed by atoms with Gasteiger partial charge in [-0.25, -0.2) is 0 Å². The Hall–Kier alpha value is -8.00. The first kappa shape index (κ1) is 33.9. The van der Waals surface area contributed by atoms with Gasteiger partial charge in [0.15, 0.2) is 0 Å². The lowest BCUT2D eigenvalue weighted by Gasteiger charge is -2.25. The number of aromatic nitrogens is 2. The summed E-state index contributed by atoms with van der Waals surface area (Å²) in [5.41, 5.74) is 11.1. The van der Waals surface area contributed by atoms with Crippen LogP contribution in [0.4, 0.5) is 34.1 Å². The lowest BCUT2D eigenvalue weighted by atomic mass is 10.1. The molecule has 13 aromatic rings. The first-order valence-electron chi connectivity index (χ1n) is 20.3. The fourth-order valence-corrected chi connectivity index (χ4v) is 10.1. The maximum Gasteiger partial charge on any atom is 0.137 e. The molecule has 0 saturated heterocycles. The van der Waals surface area contributed by atoms with E-state index < -0.39 is 0 Å². The van der Waals surface area contributed by atoms with Crippen LogP contribution in [0.5, 0.6) is 0 Å². The number of benzene rings is 8. The first-order chi connectivity index (χ1) is 30.2. The fraction of sp³-hybridized carbons (Fsp3) is 0. The average molecular weight is 801 g/mol. The van der Waals surface area contributed by atoms with Gasteiger partial charge in [-0.2, -0.15) is 0 Å². The number of pyridine rings is 2. The Morgan fingerprint density at radius 1 is 0.328 bits per heavy atom. The van der Waals surface area contributed by atoms with Crippen LogP contribution in [-0.4, -0.2) is 9.97 Å². The van der Waals surface area contributed by atoms with Crippen LogP contribution in [0.2, 0.25) is 0 Å². The quantitative estimate of drug-likeness (QED) is 0.167. The summed E-state index contributed by atoms with van der Waals surface area (Å²) in [6.07, 6.45) is 3.93. The highest BCUT2D eigenvalue weighted by Gasteiger charge is 2.21. The molecule has 6 nitrogen and oxygen atoms in total. The van der Waals surface area contributed by atoms with Crippen LogP contribution in [0.1, 0.15) is 0 Å². The maximum absolute atomic E-state index is 6.39. The molecule has 0 unspecified atom stereocenters. The van der Waals surface area contributed by atoms with Crippen LogP contribution in [0.3, 0.4) is 0 Å². The third-order valence-corrected chi connectivity index (χ3v) is 12.9. The second kappa shape index (κ2) is 13.3. The topological polar surface area (TPSA) is 58.5 Å². The zero-order valence-electron chi connectivity index (χ0n) is 32.5. The third-order valence-electron chi connectivity index (χ3n) is 11.9. The minimum Gasteiger partial charge on any atom is -0.456 e. The minimum atomic E-state index is 0.840. The number of nitrogens with zero attached hydrogens (tertiary/aromatic N) is 4.